The van der Waals surface area contributed by atoms with Crippen LogP contribution in [0.3, 0.4) is 0 Å². The highest BCUT2D eigenvalue weighted by atomic mass is 35.5. The van der Waals surface area contributed by atoms with Crippen LogP contribution in [-0.2, 0) is 6.54 Å². The fourth-order valence-corrected chi connectivity index (χ4v) is 3.32. The average molecular weight is 297 g/mol. The molecule has 1 heterocycles. The number of para-hydroxylation sites is 1. The third kappa shape index (κ3) is 3.87. The van der Waals surface area contributed by atoms with Crippen molar-refractivity contribution in [1.29, 1.82) is 0 Å². The number of hydrogen-bond donors (Lipinski definition) is 2. The van der Waals surface area contributed by atoms with Gasteiger partial charge in [-0.05, 0) is 43.4 Å². The average Bonchev–Trinajstić information content (AvgIpc) is 2.46. The van der Waals surface area contributed by atoms with Crippen molar-refractivity contribution in [3.8, 4) is 0 Å². The van der Waals surface area contributed by atoms with Crippen molar-refractivity contribution < 1.29 is 5.11 Å². The third-order valence-corrected chi connectivity index (χ3v) is 4.31. The molecule has 3 nitrogen and oxygen atoms in total. The van der Waals surface area contributed by atoms with Gasteiger partial charge in [0.15, 0.2) is 0 Å². The molecule has 1 aromatic carbocycles. The fourth-order valence-electron chi connectivity index (χ4n) is 3.00. The molecule has 4 heteroatoms. The van der Waals surface area contributed by atoms with Gasteiger partial charge in [-0.1, -0.05) is 30.7 Å². The van der Waals surface area contributed by atoms with Gasteiger partial charge >= 0.3 is 0 Å². The molecule has 1 unspecified atom stereocenters. The van der Waals surface area contributed by atoms with Crippen LogP contribution in [0.4, 0.5) is 5.69 Å². The molecule has 20 heavy (non-hydrogen) atoms. The lowest BCUT2D eigenvalue weighted by Gasteiger charge is -2.36. The summed E-state index contributed by atoms with van der Waals surface area (Å²) in [6.45, 7) is 6.27. The minimum absolute atomic E-state index is 0.283. The lowest BCUT2D eigenvalue weighted by Crippen LogP contribution is -2.36. The number of aliphatic hydroxyl groups is 1. The summed E-state index contributed by atoms with van der Waals surface area (Å²) in [6, 6.07) is 6.15. The van der Waals surface area contributed by atoms with Gasteiger partial charge in [0, 0.05) is 26.2 Å². The molecule has 0 aliphatic carbocycles. The number of rotatable bonds is 6. The standard InChI is InChI=1S/C16H25ClN2O/c1-2-18-11-14-6-3-7-15(17)16(14)19-9-4-5-13(12-19)8-10-20/h3,6-7,13,18,20H,2,4-5,8-12H2,1H3. The van der Waals surface area contributed by atoms with Gasteiger partial charge in [0.2, 0.25) is 0 Å². The summed E-state index contributed by atoms with van der Waals surface area (Å²) in [6.07, 6.45) is 3.28. The molecule has 112 valence electrons. The molecule has 0 amide bonds. The second kappa shape index (κ2) is 7.87. The van der Waals surface area contributed by atoms with Crippen molar-refractivity contribution >= 4 is 17.3 Å². The van der Waals surface area contributed by atoms with Crippen LogP contribution in [0.25, 0.3) is 0 Å². The van der Waals surface area contributed by atoms with Crippen LogP contribution in [0, 0.1) is 5.92 Å². The maximum absolute atomic E-state index is 9.15. The van der Waals surface area contributed by atoms with Crippen molar-refractivity contribution in [2.24, 2.45) is 5.92 Å². The maximum atomic E-state index is 9.15. The van der Waals surface area contributed by atoms with Crippen LogP contribution in [0.5, 0.6) is 0 Å². The molecule has 2 N–H and O–H groups in total. The molecule has 1 aromatic rings. The zero-order chi connectivity index (χ0) is 14.4. The molecule has 0 spiro atoms. The normalized spacial score (nSPS) is 19.4. The molecular formula is C16H25ClN2O. The Hall–Kier alpha value is -0.770. The third-order valence-electron chi connectivity index (χ3n) is 4.01. The molecule has 2 rings (SSSR count). The van der Waals surface area contributed by atoms with E-state index in [4.69, 9.17) is 16.7 Å². The molecule has 1 fully saturated rings. The van der Waals surface area contributed by atoms with E-state index in [2.05, 4.69) is 23.2 Å². The summed E-state index contributed by atoms with van der Waals surface area (Å²) in [5.74, 6) is 0.581. The van der Waals surface area contributed by atoms with Gasteiger partial charge in [-0.3, -0.25) is 0 Å². The van der Waals surface area contributed by atoms with Gasteiger partial charge in [0.05, 0.1) is 10.7 Å². The Labute approximate surface area is 126 Å². The Kier molecular flexibility index (Phi) is 6.14. The largest absolute Gasteiger partial charge is 0.396 e. The number of anilines is 1. The minimum atomic E-state index is 0.283. The van der Waals surface area contributed by atoms with Gasteiger partial charge in [-0.25, -0.2) is 0 Å². The van der Waals surface area contributed by atoms with E-state index in [9.17, 15) is 0 Å². The van der Waals surface area contributed by atoms with Crippen molar-refractivity contribution in [3.05, 3.63) is 28.8 Å². The minimum Gasteiger partial charge on any atom is -0.396 e. The van der Waals surface area contributed by atoms with Crippen molar-refractivity contribution in [2.45, 2.75) is 32.7 Å². The summed E-state index contributed by atoms with van der Waals surface area (Å²) in [5.41, 5.74) is 2.45. The number of nitrogens with zero attached hydrogens (tertiary/aromatic N) is 1. The van der Waals surface area contributed by atoms with Crippen LogP contribution in [0.2, 0.25) is 5.02 Å². The molecule has 1 atom stereocenters. The number of aliphatic hydroxyl groups excluding tert-OH is 1. The summed E-state index contributed by atoms with van der Waals surface area (Å²) in [5, 5.41) is 13.4. The number of halogens is 1. The first-order valence-electron chi connectivity index (χ1n) is 7.60. The molecule has 1 aliphatic rings. The van der Waals surface area contributed by atoms with Crippen molar-refractivity contribution in [1.82, 2.24) is 5.32 Å². The zero-order valence-corrected chi connectivity index (χ0v) is 13.0. The first kappa shape index (κ1) is 15.6. The highest BCUT2D eigenvalue weighted by Gasteiger charge is 2.22. The Morgan fingerprint density at radius 1 is 1.45 bits per heavy atom. The summed E-state index contributed by atoms with van der Waals surface area (Å²) in [7, 11) is 0. The molecule has 0 aromatic heterocycles. The van der Waals surface area contributed by atoms with Crippen molar-refractivity contribution in [2.75, 3.05) is 31.1 Å². The van der Waals surface area contributed by atoms with Crippen LogP contribution in [0.1, 0.15) is 31.7 Å². The Morgan fingerprint density at radius 2 is 2.30 bits per heavy atom. The Bertz CT molecular complexity index is 423. The van der Waals surface area contributed by atoms with E-state index in [1.807, 2.05) is 12.1 Å². The molecule has 0 bridgehead atoms. The fraction of sp³-hybridized carbons (Fsp3) is 0.625. The number of hydrogen-bond acceptors (Lipinski definition) is 3. The SMILES string of the molecule is CCNCc1cccc(Cl)c1N1CCCC(CCO)C1. The maximum Gasteiger partial charge on any atom is 0.0642 e. The van der Waals surface area contributed by atoms with Gasteiger partial charge in [-0.2, -0.15) is 0 Å². The van der Waals surface area contributed by atoms with E-state index < -0.39 is 0 Å². The molecule has 0 saturated carbocycles. The van der Waals surface area contributed by atoms with Crippen LogP contribution in [0.15, 0.2) is 18.2 Å². The quantitative estimate of drug-likeness (QED) is 0.847. The molecule has 0 radical (unpaired) electrons. The topological polar surface area (TPSA) is 35.5 Å². The first-order chi connectivity index (χ1) is 9.76. The Morgan fingerprint density at radius 3 is 3.05 bits per heavy atom. The summed E-state index contributed by atoms with van der Waals surface area (Å²) < 4.78 is 0. The van der Waals surface area contributed by atoms with Crippen molar-refractivity contribution in [3.63, 3.8) is 0 Å². The lowest BCUT2D eigenvalue weighted by atomic mass is 9.94. The van der Waals surface area contributed by atoms with Crippen LogP contribution >= 0.6 is 11.6 Å². The highest BCUT2D eigenvalue weighted by molar-refractivity contribution is 6.33. The summed E-state index contributed by atoms with van der Waals surface area (Å²) in [4.78, 5) is 2.40. The number of nitrogens with one attached hydrogen (secondary N) is 1. The Balaban J connectivity index is 2.17. The predicted octanol–water partition coefficient (Wildman–Crippen LogP) is 3.05. The second-order valence-electron chi connectivity index (χ2n) is 5.49. The van der Waals surface area contributed by atoms with Crippen LogP contribution in [-0.4, -0.2) is 31.3 Å². The number of benzene rings is 1. The van der Waals surface area contributed by atoms with E-state index in [-0.39, 0.29) is 6.61 Å². The smallest absolute Gasteiger partial charge is 0.0642 e. The molecular weight excluding hydrogens is 272 g/mol. The predicted molar refractivity (Wildman–Crippen MR) is 85.5 cm³/mol. The summed E-state index contributed by atoms with van der Waals surface area (Å²) >= 11 is 6.45. The second-order valence-corrected chi connectivity index (χ2v) is 5.90. The van der Waals surface area contributed by atoms with Gasteiger partial charge in [0.1, 0.15) is 0 Å². The molecule has 1 saturated heterocycles. The first-order valence-corrected chi connectivity index (χ1v) is 7.98. The van der Waals surface area contributed by atoms with E-state index >= 15 is 0 Å². The van der Waals surface area contributed by atoms with Crippen LogP contribution < -0.4 is 10.2 Å². The highest BCUT2D eigenvalue weighted by Crippen LogP contribution is 2.33. The number of piperidine rings is 1. The molecule has 1 aliphatic heterocycles. The van der Waals surface area contributed by atoms with Gasteiger partial charge in [-0.15, -0.1) is 0 Å². The zero-order valence-electron chi connectivity index (χ0n) is 12.2. The van der Waals surface area contributed by atoms with Gasteiger partial charge in [0.25, 0.3) is 0 Å². The monoisotopic (exact) mass is 296 g/mol. The van der Waals surface area contributed by atoms with E-state index in [0.29, 0.717) is 5.92 Å². The van der Waals surface area contributed by atoms with E-state index in [1.165, 1.54) is 24.1 Å². The van der Waals surface area contributed by atoms with E-state index in [0.717, 1.165) is 37.6 Å². The van der Waals surface area contributed by atoms with Gasteiger partial charge < -0.3 is 15.3 Å². The lowest BCUT2D eigenvalue weighted by molar-refractivity contribution is 0.244. The van der Waals surface area contributed by atoms with E-state index in [1.54, 1.807) is 0 Å².